The van der Waals surface area contributed by atoms with Gasteiger partial charge in [0.15, 0.2) is 0 Å². The Bertz CT molecular complexity index is 914. The molecule has 1 aromatic heterocycles. The molecule has 1 saturated heterocycles. The lowest BCUT2D eigenvalue weighted by atomic mass is 9.63. The highest BCUT2D eigenvalue weighted by atomic mass is 35.5. The van der Waals surface area contributed by atoms with Gasteiger partial charge in [-0.3, -0.25) is 4.79 Å². The molecule has 1 saturated carbocycles. The molecule has 4 nitrogen and oxygen atoms in total. The van der Waals surface area contributed by atoms with Gasteiger partial charge in [-0.25, -0.2) is 4.98 Å². The molecule has 1 amide bonds. The van der Waals surface area contributed by atoms with Crippen molar-refractivity contribution in [2.24, 2.45) is 5.41 Å². The lowest BCUT2D eigenvalue weighted by Crippen LogP contribution is -2.61. The quantitative estimate of drug-likeness (QED) is 0.763. The number of fused-ring (bicyclic) bond motifs is 1. The van der Waals surface area contributed by atoms with Crippen molar-refractivity contribution in [3.05, 3.63) is 48.3 Å². The molecule has 0 N–H and O–H groups in total. The van der Waals surface area contributed by atoms with Crippen LogP contribution < -0.4 is 0 Å². The van der Waals surface area contributed by atoms with Gasteiger partial charge in [0.2, 0.25) is 0 Å². The van der Waals surface area contributed by atoms with Crippen LogP contribution >= 0.6 is 11.6 Å². The molecule has 1 atom stereocenters. The van der Waals surface area contributed by atoms with Crippen molar-refractivity contribution in [1.29, 1.82) is 0 Å². The van der Waals surface area contributed by atoms with Gasteiger partial charge in [-0.2, -0.15) is 0 Å². The summed E-state index contributed by atoms with van der Waals surface area (Å²) < 4.78 is 2.06. The van der Waals surface area contributed by atoms with Gasteiger partial charge >= 0.3 is 0 Å². The van der Waals surface area contributed by atoms with E-state index in [1.807, 2.05) is 41.6 Å². The number of hydrogen-bond donors (Lipinski definition) is 0. The summed E-state index contributed by atoms with van der Waals surface area (Å²) in [6.07, 6.45) is 12.5. The maximum absolute atomic E-state index is 12.7. The van der Waals surface area contributed by atoms with Gasteiger partial charge in [0.25, 0.3) is 5.91 Å². The number of rotatable bonds is 2. The van der Waals surface area contributed by atoms with E-state index in [2.05, 4.69) is 15.6 Å². The second-order valence-electron chi connectivity index (χ2n) is 7.60. The standard InChI is InChI=1S/C20H20ClN3O/c21-15-3-1-4-16(10-15)24-13-22-17-9-14(5-6-18(17)24)19(25)23-11-20(12-23)7-2-8-20/h1,3-6,9,13,15H,2,7-8,10-12H2. The number of allylic oxidation sites excluding steroid dienone is 4. The maximum Gasteiger partial charge on any atom is 0.253 e. The Morgan fingerprint density at radius 2 is 2.12 bits per heavy atom. The molecule has 1 spiro atoms. The van der Waals surface area contributed by atoms with E-state index in [4.69, 9.17) is 11.6 Å². The van der Waals surface area contributed by atoms with Gasteiger partial charge in [-0.05, 0) is 37.1 Å². The zero-order valence-electron chi connectivity index (χ0n) is 14.0. The second-order valence-corrected chi connectivity index (χ2v) is 8.16. The highest BCUT2D eigenvalue weighted by molar-refractivity contribution is 6.22. The van der Waals surface area contributed by atoms with Crippen molar-refractivity contribution in [1.82, 2.24) is 14.5 Å². The first-order valence-corrected chi connectivity index (χ1v) is 9.35. The highest BCUT2D eigenvalue weighted by Crippen LogP contribution is 2.48. The summed E-state index contributed by atoms with van der Waals surface area (Å²) in [5.74, 6) is 0.134. The van der Waals surface area contributed by atoms with Crippen LogP contribution in [-0.2, 0) is 0 Å². The van der Waals surface area contributed by atoms with E-state index >= 15 is 0 Å². The van der Waals surface area contributed by atoms with Crippen LogP contribution in [0, 0.1) is 5.41 Å². The predicted molar refractivity (Wildman–Crippen MR) is 99.6 cm³/mol. The molecule has 2 fully saturated rings. The number of amides is 1. The number of aromatic nitrogens is 2. The normalized spacial score (nSPS) is 24.1. The number of hydrogen-bond acceptors (Lipinski definition) is 2. The lowest BCUT2D eigenvalue weighted by Gasteiger charge is -2.55. The van der Waals surface area contributed by atoms with Gasteiger partial charge in [0.1, 0.15) is 6.33 Å². The molecule has 5 heteroatoms. The number of benzene rings is 1. The Morgan fingerprint density at radius 3 is 2.84 bits per heavy atom. The van der Waals surface area contributed by atoms with Crippen LogP contribution in [0.25, 0.3) is 16.7 Å². The molecule has 5 rings (SSSR count). The number of likely N-dealkylation sites (tertiary alicyclic amines) is 1. The molecular formula is C20H20ClN3O. The largest absolute Gasteiger partial charge is 0.337 e. The fraction of sp³-hybridized carbons (Fsp3) is 0.400. The van der Waals surface area contributed by atoms with E-state index in [0.717, 1.165) is 41.8 Å². The monoisotopic (exact) mass is 353 g/mol. The SMILES string of the molecule is O=C(c1ccc2c(c1)ncn2C1=CC=CC(Cl)C1)N1CC2(CCC2)C1. The van der Waals surface area contributed by atoms with Gasteiger partial charge in [0, 0.05) is 36.2 Å². The van der Waals surface area contributed by atoms with Crippen molar-refractivity contribution < 1.29 is 4.79 Å². The van der Waals surface area contributed by atoms with E-state index in [0.29, 0.717) is 5.41 Å². The first kappa shape index (κ1) is 15.2. The Labute approximate surface area is 151 Å². The smallest absolute Gasteiger partial charge is 0.253 e. The van der Waals surface area contributed by atoms with Crippen LogP contribution in [0.15, 0.2) is 42.8 Å². The van der Waals surface area contributed by atoms with E-state index < -0.39 is 0 Å². The topological polar surface area (TPSA) is 38.1 Å². The minimum atomic E-state index is 0.0172. The number of nitrogens with zero attached hydrogens (tertiary/aromatic N) is 3. The van der Waals surface area contributed by atoms with Crippen LogP contribution in [0.5, 0.6) is 0 Å². The summed E-state index contributed by atoms with van der Waals surface area (Å²) in [6.45, 7) is 1.85. The van der Waals surface area contributed by atoms with Crippen LogP contribution in [0.1, 0.15) is 36.0 Å². The van der Waals surface area contributed by atoms with Crippen molar-refractivity contribution in [2.45, 2.75) is 31.1 Å². The summed E-state index contributed by atoms with van der Waals surface area (Å²) in [7, 11) is 0. The average Bonchev–Trinajstić information content (AvgIpc) is 2.95. The Kier molecular flexibility index (Phi) is 3.32. The predicted octanol–water partition coefficient (Wildman–Crippen LogP) is 4.07. The first-order chi connectivity index (χ1) is 12.1. The van der Waals surface area contributed by atoms with E-state index in [9.17, 15) is 4.79 Å². The van der Waals surface area contributed by atoms with Crippen molar-refractivity contribution in [2.75, 3.05) is 13.1 Å². The number of carbonyl (C=O) groups is 1. The summed E-state index contributed by atoms with van der Waals surface area (Å²) in [6, 6.07) is 5.83. The molecular weight excluding hydrogens is 334 g/mol. The molecule has 2 heterocycles. The van der Waals surface area contributed by atoms with Crippen molar-refractivity contribution in [3.63, 3.8) is 0 Å². The minimum Gasteiger partial charge on any atom is -0.337 e. The number of halogens is 1. The zero-order chi connectivity index (χ0) is 17.0. The Balaban J connectivity index is 1.40. The number of imidazole rings is 1. The van der Waals surface area contributed by atoms with E-state index in [1.54, 1.807) is 0 Å². The fourth-order valence-electron chi connectivity index (χ4n) is 4.26. The molecule has 3 aliphatic rings. The van der Waals surface area contributed by atoms with Crippen molar-refractivity contribution in [3.8, 4) is 0 Å². The summed E-state index contributed by atoms with van der Waals surface area (Å²) >= 11 is 6.23. The van der Waals surface area contributed by atoms with Crippen LogP contribution in [0.3, 0.4) is 0 Å². The number of carbonyl (C=O) groups excluding carboxylic acids is 1. The van der Waals surface area contributed by atoms with E-state index in [1.165, 1.54) is 19.3 Å². The maximum atomic E-state index is 12.7. The Morgan fingerprint density at radius 1 is 1.28 bits per heavy atom. The van der Waals surface area contributed by atoms with Crippen molar-refractivity contribution >= 4 is 34.2 Å². The van der Waals surface area contributed by atoms with Crippen LogP contribution in [0.4, 0.5) is 0 Å². The highest BCUT2D eigenvalue weighted by Gasteiger charge is 2.48. The molecule has 1 aliphatic heterocycles. The Hall–Kier alpha value is -2.07. The second kappa shape index (κ2) is 5.46. The van der Waals surface area contributed by atoms with Crippen LogP contribution in [-0.4, -0.2) is 38.8 Å². The molecule has 128 valence electrons. The third kappa shape index (κ3) is 2.43. The summed E-state index contributed by atoms with van der Waals surface area (Å²) in [5.41, 5.74) is 4.19. The van der Waals surface area contributed by atoms with Gasteiger partial charge < -0.3 is 9.47 Å². The summed E-state index contributed by atoms with van der Waals surface area (Å²) in [4.78, 5) is 19.2. The average molecular weight is 354 g/mol. The minimum absolute atomic E-state index is 0.0172. The lowest BCUT2D eigenvalue weighted by molar-refractivity contribution is -0.0426. The molecule has 2 aliphatic carbocycles. The van der Waals surface area contributed by atoms with Gasteiger partial charge in [-0.1, -0.05) is 18.6 Å². The molecule has 2 aromatic rings. The zero-order valence-corrected chi connectivity index (χ0v) is 14.7. The summed E-state index contributed by atoms with van der Waals surface area (Å²) in [5, 5.41) is 0.0172. The fourth-order valence-corrected chi connectivity index (χ4v) is 4.50. The van der Waals surface area contributed by atoms with E-state index in [-0.39, 0.29) is 11.3 Å². The molecule has 0 radical (unpaired) electrons. The molecule has 1 aromatic carbocycles. The van der Waals surface area contributed by atoms with Gasteiger partial charge in [0.05, 0.1) is 16.4 Å². The van der Waals surface area contributed by atoms with Gasteiger partial charge in [-0.15, -0.1) is 11.6 Å². The third-order valence-electron chi connectivity index (χ3n) is 5.87. The third-order valence-corrected chi connectivity index (χ3v) is 6.17. The van der Waals surface area contributed by atoms with Crippen LogP contribution in [0.2, 0.25) is 0 Å². The number of alkyl halides is 1. The molecule has 0 bridgehead atoms. The first-order valence-electron chi connectivity index (χ1n) is 8.92. The molecule has 1 unspecified atom stereocenters. The molecule has 25 heavy (non-hydrogen) atoms.